The van der Waals surface area contributed by atoms with Crippen LogP contribution in [0.15, 0.2) is 22.9 Å². The molecule has 1 N–H and O–H groups in total. The van der Waals surface area contributed by atoms with Crippen LogP contribution in [0.2, 0.25) is 0 Å². The Labute approximate surface area is 143 Å². The van der Waals surface area contributed by atoms with Crippen molar-refractivity contribution < 1.29 is 9.53 Å². The summed E-state index contributed by atoms with van der Waals surface area (Å²) in [5.74, 6) is 0. The Balaban J connectivity index is 1.72. The van der Waals surface area contributed by atoms with E-state index < -0.39 is 5.60 Å². The second-order valence-corrected chi connectivity index (χ2v) is 7.50. The first-order valence-electron chi connectivity index (χ1n) is 7.69. The van der Waals surface area contributed by atoms with Crippen LogP contribution in [0.5, 0.6) is 0 Å². The van der Waals surface area contributed by atoms with E-state index in [-0.39, 0.29) is 6.09 Å². The molecule has 0 aromatic carbocycles. The molecular weight excluding hydrogens is 360 g/mol. The number of piperazine rings is 1. The summed E-state index contributed by atoms with van der Waals surface area (Å²) in [7, 11) is 0. The van der Waals surface area contributed by atoms with E-state index in [0.29, 0.717) is 13.1 Å². The first kappa shape index (κ1) is 16.1. The van der Waals surface area contributed by atoms with Gasteiger partial charge in [0.1, 0.15) is 11.2 Å². The number of H-pyrrole nitrogens is 1. The molecule has 3 rings (SSSR count). The van der Waals surface area contributed by atoms with Crippen molar-refractivity contribution in [2.24, 2.45) is 0 Å². The quantitative estimate of drug-likeness (QED) is 0.823. The number of hydrogen-bond acceptors (Lipinski definition) is 4. The Hall–Kier alpha value is -1.76. The van der Waals surface area contributed by atoms with Crippen LogP contribution < -0.4 is 4.90 Å². The van der Waals surface area contributed by atoms with E-state index in [4.69, 9.17) is 4.74 Å². The van der Waals surface area contributed by atoms with Gasteiger partial charge >= 0.3 is 6.09 Å². The van der Waals surface area contributed by atoms with E-state index in [9.17, 15) is 4.79 Å². The highest BCUT2D eigenvalue weighted by molar-refractivity contribution is 9.10. The predicted octanol–water partition coefficient (Wildman–Crippen LogP) is 3.38. The van der Waals surface area contributed by atoms with E-state index >= 15 is 0 Å². The number of nitrogens with one attached hydrogen (secondary N) is 1. The topological polar surface area (TPSA) is 61.5 Å². The minimum Gasteiger partial charge on any atom is -0.444 e. The molecule has 124 valence electrons. The Morgan fingerprint density at radius 2 is 2.00 bits per heavy atom. The van der Waals surface area contributed by atoms with Gasteiger partial charge in [-0.1, -0.05) is 0 Å². The molecule has 0 radical (unpaired) electrons. The second-order valence-electron chi connectivity index (χ2n) is 6.65. The van der Waals surface area contributed by atoms with Gasteiger partial charge in [-0.3, -0.25) is 0 Å². The van der Waals surface area contributed by atoms with Gasteiger partial charge in [-0.2, -0.15) is 0 Å². The molecule has 0 aliphatic carbocycles. The molecule has 0 spiro atoms. The summed E-state index contributed by atoms with van der Waals surface area (Å²) >= 11 is 3.60. The molecule has 1 aliphatic heterocycles. The second kappa shape index (κ2) is 6.03. The minimum absolute atomic E-state index is 0.238. The highest BCUT2D eigenvalue weighted by Crippen LogP contribution is 2.33. The van der Waals surface area contributed by atoms with Crippen molar-refractivity contribution in [3.05, 3.63) is 22.9 Å². The molecule has 6 nitrogen and oxygen atoms in total. The summed E-state index contributed by atoms with van der Waals surface area (Å²) in [6, 6.07) is 2.03. The molecule has 7 heteroatoms. The predicted molar refractivity (Wildman–Crippen MR) is 93.8 cm³/mol. The van der Waals surface area contributed by atoms with Crippen LogP contribution in [0.3, 0.4) is 0 Å². The van der Waals surface area contributed by atoms with Crippen LogP contribution in [-0.2, 0) is 4.74 Å². The number of nitrogens with zero attached hydrogens (tertiary/aromatic N) is 3. The monoisotopic (exact) mass is 380 g/mol. The summed E-state index contributed by atoms with van der Waals surface area (Å²) < 4.78 is 6.41. The number of pyridine rings is 1. The van der Waals surface area contributed by atoms with Gasteiger partial charge in [0.15, 0.2) is 0 Å². The number of ether oxygens (including phenoxy) is 1. The van der Waals surface area contributed by atoms with Crippen LogP contribution in [-0.4, -0.2) is 52.7 Å². The van der Waals surface area contributed by atoms with Gasteiger partial charge in [0.25, 0.3) is 0 Å². The van der Waals surface area contributed by atoms with E-state index in [2.05, 4.69) is 30.8 Å². The number of halogens is 1. The van der Waals surface area contributed by atoms with Crippen molar-refractivity contribution in [2.45, 2.75) is 26.4 Å². The molecule has 1 aliphatic rings. The van der Waals surface area contributed by atoms with Gasteiger partial charge in [-0.15, -0.1) is 0 Å². The first-order chi connectivity index (χ1) is 10.8. The number of fused-ring (bicyclic) bond motifs is 1. The molecule has 0 saturated carbocycles. The number of carbonyl (C=O) groups excluding carboxylic acids is 1. The standard InChI is InChI=1S/C16H21BrN4O2/c1-16(2,3)23-15(22)21-8-6-20(7-9-21)13-11-4-5-18-14(11)19-10-12(13)17/h4-5,10H,6-9H2,1-3H3,(H,18,19). The van der Waals surface area contributed by atoms with Crippen molar-refractivity contribution >= 4 is 38.7 Å². The number of aromatic nitrogens is 2. The van der Waals surface area contributed by atoms with Gasteiger partial charge in [-0.25, -0.2) is 9.78 Å². The lowest BCUT2D eigenvalue weighted by Gasteiger charge is -2.37. The zero-order valence-corrected chi connectivity index (χ0v) is 15.2. The zero-order valence-electron chi connectivity index (χ0n) is 13.6. The maximum Gasteiger partial charge on any atom is 0.410 e. The number of hydrogen-bond donors (Lipinski definition) is 1. The Morgan fingerprint density at radius 3 is 2.65 bits per heavy atom. The molecule has 23 heavy (non-hydrogen) atoms. The summed E-state index contributed by atoms with van der Waals surface area (Å²) in [6.45, 7) is 8.49. The fourth-order valence-corrected chi connectivity index (χ4v) is 3.30. The maximum atomic E-state index is 12.2. The lowest BCUT2D eigenvalue weighted by atomic mass is 10.2. The SMILES string of the molecule is CC(C)(C)OC(=O)N1CCN(c2c(Br)cnc3[nH]ccc23)CC1. The lowest BCUT2D eigenvalue weighted by molar-refractivity contribution is 0.0240. The summed E-state index contributed by atoms with van der Waals surface area (Å²) in [6.07, 6.45) is 3.47. The lowest BCUT2D eigenvalue weighted by Crippen LogP contribution is -2.50. The molecule has 2 aromatic rings. The molecule has 1 saturated heterocycles. The normalized spacial score (nSPS) is 16.0. The largest absolute Gasteiger partial charge is 0.444 e. The van der Waals surface area contributed by atoms with E-state index in [1.54, 1.807) is 4.90 Å². The van der Waals surface area contributed by atoms with Crippen LogP contribution >= 0.6 is 15.9 Å². The molecular formula is C16H21BrN4O2. The van der Waals surface area contributed by atoms with E-state index in [1.807, 2.05) is 39.2 Å². The molecule has 1 amide bonds. The number of rotatable bonds is 1. The van der Waals surface area contributed by atoms with Crippen molar-refractivity contribution in [1.82, 2.24) is 14.9 Å². The van der Waals surface area contributed by atoms with Crippen molar-refractivity contribution in [3.8, 4) is 0 Å². The van der Waals surface area contributed by atoms with Crippen molar-refractivity contribution in [3.63, 3.8) is 0 Å². The summed E-state index contributed by atoms with van der Waals surface area (Å²) in [4.78, 5) is 23.7. The average Bonchev–Trinajstić information content (AvgIpc) is 2.94. The van der Waals surface area contributed by atoms with Crippen LogP contribution in [0, 0.1) is 0 Å². The van der Waals surface area contributed by atoms with Crippen LogP contribution in [0.4, 0.5) is 10.5 Å². The third kappa shape index (κ3) is 3.44. The third-order valence-electron chi connectivity index (χ3n) is 3.76. The van der Waals surface area contributed by atoms with Gasteiger partial charge in [0.2, 0.25) is 0 Å². The number of aromatic amines is 1. The molecule has 3 heterocycles. The van der Waals surface area contributed by atoms with E-state index in [0.717, 1.165) is 34.3 Å². The molecule has 1 fully saturated rings. The molecule has 0 bridgehead atoms. The first-order valence-corrected chi connectivity index (χ1v) is 8.49. The Kier molecular flexibility index (Phi) is 4.23. The Morgan fingerprint density at radius 1 is 1.30 bits per heavy atom. The fourth-order valence-electron chi connectivity index (χ4n) is 2.73. The smallest absolute Gasteiger partial charge is 0.410 e. The molecule has 0 atom stereocenters. The Bertz CT molecular complexity index is 714. The fraction of sp³-hybridized carbons (Fsp3) is 0.500. The maximum absolute atomic E-state index is 12.2. The minimum atomic E-state index is -0.459. The highest BCUT2D eigenvalue weighted by Gasteiger charge is 2.27. The van der Waals surface area contributed by atoms with Gasteiger partial charge in [-0.05, 0) is 42.8 Å². The zero-order chi connectivity index (χ0) is 16.6. The average molecular weight is 381 g/mol. The molecule has 0 unspecified atom stereocenters. The van der Waals surface area contributed by atoms with Gasteiger partial charge < -0.3 is 19.5 Å². The van der Waals surface area contributed by atoms with Gasteiger partial charge in [0.05, 0.1) is 10.2 Å². The summed E-state index contributed by atoms with van der Waals surface area (Å²) in [5.41, 5.74) is 1.54. The third-order valence-corrected chi connectivity index (χ3v) is 4.34. The highest BCUT2D eigenvalue weighted by atomic mass is 79.9. The molecule has 2 aromatic heterocycles. The van der Waals surface area contributed by atoms with Crippen molar-refractivity contribution in [1.29, 1.82) is 0 Å². The van der Waals surface area contributed by atoms with Gasteiger partial charge in [0, 0.05) is 44.0 Å². The van der Waals surface area contributed by atoms with Crippen LogP contribution in [0.1, 0.15) is 20.8 Å². The van der Waals surface area contributed by atoms with E-state index in [1.165, 1.54) is 0 Å². The number of carbonyl (C=O) groups is 1. The summed E-state index contributed by atoms with van der Waals surface area (Å²) in [5, 5.41) is 1.09. The van der Waals surface area contributed by atoms with Crippen molar-refractivity contribution in [2.75, 3.05) is 31.1 Å². The van der Waals surface area contributed by atoms with Crippen LogP contribution in [0.25, 0.3) is 11.0 Å². The number of amides is 1. The number of anilines is 1.